The second-order valence-corrected chi connectivity index (χ2v) is 7.45. The van der Waals surface area contributed by atoms with E-state index in [1.165, 1.54) is 11.3 Å². The van der Waals surface area contributed by atoms with E-state index in [0.717, 1.165) is 21.9 Å². The van der Waals surface area contributed by atoms with Crippen molar-refractivity contribution in [3.63, 3.8) is 0 Å². The Morgan fingerprint density at radius 1 is 0.850 bits per heavy atom. The minimum Gasteiger partial charge on any atom is -0.112 e. The number of hydrogen-bond acceptors (Lipinski definition) is 1. The van der Waals surface area contributed by atoms with Crippen molar-refractivity contribution in [2.75, 3.05) is 0 Å². The van der Waals surface area contributed by atoms with Crippen LogP contribution in [0, 0.1) is 0 Å². The van der Waals surface area contributed by atoms with Crippen LogP contribution in [0.5, 0.6) is 0 Å². The van der Waals surface area contributed by atoms with Crippen LogP contribution in [0.1, 0.15) is 16.5 Å². The summed E-state index contributed by atoms with van der Waals surface area (Å²) in [6.45, 7) is 0. The molecule has 0 nitrogen and oxygen atoms in total. The molecule has 102 valence electrons. The molecule has 0 aliphatic heterocycles. The maximum Gasteiger partial charge on any atom is 0.0994 e. The molecule has 0 aliphatic carbocycles. The van der Waals surface area contributed by atoms with Gasteiger partial charge in [0.1, 0.15) is 0 Å². The van der Waals surface area contributed by atoms with Gasteiger partial charge in [-0.25, -0.2) is 0 Å². The Morgan fingerprint density at radius 3 is 2.20 bits per heavy atom. The Hall–Kier alpha value is -0.440. The molecule has 0 aliphatic rings. The first-order valence-electron chi connectivity index (χ1n) is 5.84. The Bertz CT molecular complexity index is 779. The van der Waals surface area contributed by atoms with Crippen molar-refractivity contribution in [3.05, 3.63) is 67.3 Å². The minimum atomic E-state index is -0.353. The number of hydrogen-bond donors (Lipinski definition) is 0. The van der Waals surface area contributed by atoms with Gasteiger partial charge in [-0.2, -0.15) is 0 Å². The first-order chi connectivity index (χ1) is 9.58. The monoisotopic (exact) mass is 360 g/mol. The molecular formula is C15H8Cl4S. The van der Waals surface area contributed by atoms with Crippen LogP contribution < -0.4 is 0 Å². The quantitative estimate of drug-likeness (QED) is 0.423. The third-order valence-corrected chi connectivity index (χ3v) is 5.45. The molecule has 3 rings (SSSR count). The zero-order valence-corrected chi connectivity index (χ0v) is 13.9. The van der Waals surface area contributed by atoms with E-state index < -0.39 is 0 Å². The third-order valence-electron chi connectivity index (χ3n) is 3.13. The molecule has 3 aromatic rings. The molecule has 0 radical (unpaired) electrons. The summed E-state index contributed by atoms with van der Waals surface area (Å²) >= 11 is 26.3. The maximum absolute atomic E-state index is 6.60. The van der Waals surface area contributed by atoms with Crippen LogP contribution in [0.15, 0.2) is 42.5 Å². The van der Waals surface area contributed by atoms with Gasteiger partial charge in [-0.15, -0.1) is 22.9 Å². The number of benzene rings is 2. The van der Waals surface area contributed by atoms with Gasteiger partial charge in [0.2, 0.25) is 0 Å². The number of alkyl halides is 1. The van der Waals surface area contributed by atoms with Gasteiger partial charge in [0.05, 0.1) is 14.0 Å². The number of thiophene rings is 1. The van der Waals surface area contributed by atoms with Crippen LogP contribution in [-0.4, -0.2) is 0 Å². The second-order valence-electron chi connectivity index (χ2n) is 4.32. The molecular weight excluding hydrogens is 354 g/mol. The second kappa shape index (κ2) is 5.75. The SMILES string of the molecule is Clc1cc(C(Cl)c2ccc(Cl)c3ccccc23)c(Cl)s1. The highest BCUT2D eigenvalue weighted by Crippen LogP contribution is 2.43. The topological polar surface area (TPSA) is 0 Å². The van der Waals surface area contributed by atoms with Gasteiger partial charge < -0.3 is 0 Å². The normalized spacial score (nSPS) is 12.8. The Morgan fingerprint density at radius 2 is 1.55 bits per heavy atom. The molecule has 0 saturated carbocycles. The van der Waals surface area contributed by atoms with Gasteiger partial charge in [-0.1, -0.05) is 65.1 Å². The summed E-state index contributed by atoms with van der Waals surface area (Å²) in [4.78, 5) is 0. The highest BCUT2D eigenvalue weighted by Gasteiger charge is 2.19. The van der Waals surface area contributed by atoms with Crippen LogP contribution in [0.25, 0.3) is 10.8 Å². The summed E-state index contributed by atoms with van der Waals surface area (Å²) in [6.07, 6.45) is 0. The van der Waals surface area contributed by atoms with Crippen molar-refractivity contribution in [2.24, 2.45) is 0 Å². The van der Waals surface area contributed by atoms with Gasteiger partial charge in [0, 0.05) is 16.0 Å². The average Bonchev–Trinajstić information content (AvgIpc) is 2.78. The molecule has 1 unspecified atom stereocenters. The van der Waals surface area contributed by atoms with Crippen molar-refractivity contribution >= 4 is 68.5 Å². The highest BCUT2D eigenvalue weighted by molar-refractivity contribution is 7.20. The summed E-state index contributed by atoms with van der Waals surface area (Å²) in [5.74, 6) is 0. The maximum atomic E-state index is 6.60. The van der Waals surface area contributed by atoms with E-state index >= 15 is 0 Å². The third kappa shape index (κ3) is 2.54. The van der Waals surface area contributed by atoms with Gasteiger partial charge >= 0.3 is 0 Å². The molecule has 0 saturated heterocycles. The van der Waals surface area contributed by atoms with Crippen LogP contribution in [0.3, 0.4) is 0 Å². The molecule has 0 amide bonds. The zero-order chi connectivity index (χ0) is 14.3. The van der Waals surface area contributed by atoms with Crippen molar-refractivity contribution < 1.29 is 0 Å². The molecule has 0 bridgehead atoms. The van der Waals surface area contributed by atoms with E-state index in [9.17, 15) is 0 Å². The standard InChI is InChI=1S/C15H8Cl4S/c16-12-6-5-10(8-3-1-2-4-9(8)12)14(18)11-7-13(17)20-15(11)19/h1-7,14H. The lowest BCUT2D eigenvalue weighted by atomic mass is 9.99. The lowest BCUT2D eigenvalue weighted by Gasteiger charge is -2.13. The average molecular weight is 362 g/mol. The molecule has 1 heterocycles. The first-order valence-corrected chi connectivity index (χ1v) is 8.22. The molecule has 0 N–H and O–H groups in total. The van der Waals surface area contributed by atoms with Gasteiger partial charge in [0.15, 0.2) is 0 Å². The zero-order valence-electron chi connectivity index (χ0n) is 10.0. The fourth-order valence-electron chi connectivity index (χ4n) is 2.20. The van der Waals surface area contributed by atoms with Crippen molar-refractivity contribution in [3.8, 4) is 0 Å². The van der Waals surface area contributed by atoms with Crippen molar-refractivity contribution in [1.29, 1.82) is 0 Å². The number of halogens is 4. The first kappa shape index (κ1) is 14.5. The van der Waals surface area contributed by atoms with Gasteiger partial charge in [-0.3, -0.25) is 0 Å². The van der Waals surface area contributed by atoms with E-state index in [0.29, 0.717) is 13.7 Å². The van der Waals surface area contributed by atoms with E-state index in [1.54, 1.807) is 0 Å². The molecule has 1 aromatic heterocycles. The van der Waals surface area contributed by atoms with E-state index in [2.05, 4.69) is 0 Å². The lowest BCUT2D eigenvalue weighted by Crippen LogP contribution is -1.94. The number of rotatable bonds is 2. The van der Waals surface area contributed by atoms with E-state index in [4.69, 9.17) is 46.4 Å². The fourth-order valence-corrected chi connectivity index (χ4v) is 4.44. The molecule has 0 spiro atoms. The van der Waals surface area contributed by atoms with E-state index in [1.807, 2.05) is 42.5 Å². The summed E-state index contributed by atoms with van der Waals surface area (Å²) < 4.78 is 1.25. The number of fused-ring (bicyclic) bond motifs is 1. The minimum absolute atomic E-state index is 0.353. The van der Waals surface area contributed by atoms with Crippen molar-refractivity contribution in [1.82, 2.24) is 0 Å². The molecule has 1 atom stereocenters. The summed E-state index contributed by atoms with van der Waals surface area (Å²) in [7, 11) is 0. The lowest BCUT2D eigenvalue weighted by molar-refractivity contribution is 1.18. The Balaban J connectivity index is 2.20. The van der Waals surface area contributed by atoms with Crippen molar-refractivity contribution in [2.45, 2.75) is 5.38 Å². The van der Waals surface area contributed by atoms with Crippen LogP contribution in [0.4, 0.5) is 0 Å². The molecule has 5 heteroatoms. The van der Waals surface area contributed by atoms with Crippen LogP contribution >= 0.6 is 57.7 Å². The summed E-state index contributed by atoms with van der Waals surface area (Å²) in [6, 6.07) is 13.5. The van der Waals surface area contributed by atoms with Gasteiger partial charge in [0.25, 0.3) is 0 Å². The molecule has 0 fully saturated rings. The largest absolute Gasteiger partial charge is 0.112 e. The van der Waals surface area contributed by atoms with E-state index in [-0.39, 0.29) is 5.38 Å². The summed E-state index contributed by atoms with van der Waals surface area (Å²) in [5, 5.41) is 2.37. The highest BCUT2D eigenvalue weighted by atomic mass is 35.5. The predicted molar refractivity (Wildman–Crippen MR) is 91.0 cm³/mol. The van der Waals surface area contributed by atoms with Crippen LogP contribution in [0.2, 0.25) is 13.7 Å². The molecule has 2 aromatic carbocycles. The molecule has 20 heavy (non-hydrogen) atoms. The Labute approximate surface area is 140 Å². The smallest absolute Gasteiger partial charge is 0.0994 e. The predicted octanol–water partition coefficient (Wildman–Crippen LogP) is 7.19. The van der Waals surface area contributed by atoms with Crippen LogP contribution in [-0.2, 0) is 0 Å². The Kier molecular flexibility index (Phi) is 4.16. The fraction of sp³-hybridized carbons (Fsp3) is 0.0667. The van der Waals surface area contributed by atoms with Gasteiger partial charge in [-0.05, 0) is 23.1 Å². The summed E-state index contributed by atoms with van der Waals surface area (Å²) in [5.41, 5.74) is 1.80.